The van der Waals surface area contributed by atoms with E-state index in [-0.39, 0.29) is 51.7 Å². The van der Waals surface area contributed by atoms with Crippen molar-refractivity contribution in [1.29, 1.82) is 0 Å². The lowest BCUT2D eigenvalue weighted by molar-refractivity contribution is 0.668. The predicted octanol–water partition coefficient (Wildman–Crippen LogP) is 12.0. The van der Waals surface area contributed by atoms with Crippen LogP contribution in [0.1, 0.15) is 9.60 Å². The molecule has 0 amide bonds. The first-order chi connectivity index (χ1) is 27.7. The SMILES string of the molecule is [2H]c1c([2H])c([2H])c2c(oc3c([2H])c([2H])c([2H])c(-c4ccc(-c5nc(-c6ccc(-c7ccccc7)cc6)nc(-c6cccc7oc8ccccc8c67)n5)cc4)c32)c1[2H]. The molecule has 234 valence electrons. The summed E-state index contributed by atoms with van der Waals surface area (Å²) in [5.41, 5.74) is 6.29. The lowest BCUT2D eigenvalue weighted by Gasteiger charge is -2.11. The Hall–Kier alpha value is -6.85. The summed E-state index contributed by atoms with van der Waals surface area (Å²) < 4.78 is 71.8. The fourth-order valence-corrected chi connectivity index (χ4v) is 6.52. The highest BCUT2D eigenvalue weighted by atomic mass is 16.3. The van der Waals surface area contributed by atoms with Crippen LogP contribution in [0.4, 0.5) is 0 Å². The molecule has 0 radical (unpaired) electrons. The Balaban J connectivity index is 1.15. The number of hydrogen-bond acceptors (Lipinski definition) is 5. The summed E-state index contributed by atoms with van der Waals surface area (Å²) >= 11 is 0. The Morgan fingerprint density at radius 3 is 1.74 bits per heavy atom. The molecule has 3 aromatic heterocycles. The number of rotatable bonds is 5. The van der Waals surface area contributed by atoms with Crippen molar-refractivity contribution < 1.29 is 18.4 Å². The van der Waals surface area contributed by atoms with E-state index in [1.165, 1.54) is 0 Å². The van der Waals surface area contributed by atoms with Gasteiger partial charge in [-0.15, -0.1) is 0 Å². The Morgan fingerprint density at radius 2 is 0.940 bits per heavy atom. The van der Waals surface area contributed by atoms with Crippen LogP contribution in [0.5, 0.6) is 0 Å². The highest BCUT2D eigenvalue weighted by molar-refractivity contribution is 6.13. The number of hydrogen-bond donors (Lipinski definition) is 0. The van der Waals surface area contributed by atoms with Gasteiger partial charge in [0.25, 0.3) is 0 Å². The molecule has 0 aliphatic rings. The summed E-state index contributed by atoms with van der Waals surface area (Å²) in [6, 6.07) is 36.2. The molecule has 10 rings (SSSR count). The second-order valence-corrected chi connectivity index (χ2v) is 11.9. The lowest BCUT2D eigenvalue weighted by Crippen LogP contribution is -2.00. The number of nitrogens with zero attached hydrogens (tertiary/aromatic N) is 3. The van der Waals surface area contributed by atoms with Crippen LogP contribution in [0.2, 0.25) is 0 Å². The maximum Gasteiger partial charge on any atom is 0.164 e. The first-order valence-corrected chi connectivity index (χ1v) is 16.0. The third kappa shape index (κ3) is 4.67. The van der Waals surface area contributed by atoms with Crippen molar-refractivity contribution in [1.82, 2.24) is 15.0 Å². The summed E-state index contributed by atoms with van der Waals surface area (Å²) in [5.74, 6) is 1.30. The van der Waals surface area contributed by atoms with Gasteiger partial charge in [0.2, 0.25) is 0 Å². The quantitative estimate of drug-likeness (QED) is 0.186. The van der Waals surface area contributed by atoms with Gasteiger partial charge in [-0.05, 0) is 46.5 Å². The molecule has 5 heteroatoms. The number of fused-ring (bicyclic) bond motifs is 6. The molecule has 0 spiro atoms. The number of benzene rings is 7. The molecule has 0 unspecified atom stereocenters. The molecule has 0 fully saturated rings. The van der Waals surface area contributed by atoms with E-state index in [4.69, 9.17) is 33.4 Å². The third-order valence-corrected chi connectivity index (χ3v) is 8.91. The molecule has 0 aliphatic carbocycles. The molecule has 0 saturated carbocycles. The standard InChI is InChI=1S/C45H27N3O2/c1-2-10-28(11-3-1)29-20-24-31(25-21-29)43-46-44(48-45(47-43)36-15-9-19-40-42(36)35-13-5-7-17-38(35)50-40)32-26-22-30(23-27-32)33-14-8-18-39-41(33)34-12-4-6-16-37(34)49-39/h1-27H/i4D,6D,8D,12D,14D,16D,18D. The van der Waals surface area contributed by atoms with Gasteiger partial charge in [-0.3, -0.25) is 0 Å². The fraction of sp³-hybridized carbons (Fsp3) is 0. The van der Waals surface area contributed by atoms with Gasteiger partial charge in [-0.1, -0.05) is 139 Å². The summed E-state index contributed by atoms with van der Waals surface area (Å²) in [5, 5.41) is 2.06. The van der Waals surface area contributed by atoms with Crippen molar-refractivity contribution in [2.45, 2.75) is 0 Å². The fourth-order valence-electron chi connectivity index (χ4n) is 6.52. The molecule has 3 heterocycles. The molecular weight excluding hydrogens is 615 g/mol. The van der Waals surface area contributed by atoms with Crippen LogP contribution in [0.15, 0.2) is 172 Å². The Kier molecular flexibility index (Phi) is 4.99. The first-order valence-electron chi connectivity index (χ1n) is 19.5. The summed E-state index contributed by atoms with van der Waals surface area (Å²) in [6.07, 6.45) is 0. The van der Waals surface area contributed by atoms with Crippen LogP contribution >= 0.6 is 0 Å². The number of aromatic nitrogens is 3. The maximum atomic E-state index is 8.95. The summed E-state index contributed by atoms with van der Waals surface area (Å²) in [6.45, 7) is 0. The van der Waals surface area contributed by atoms with Crippen LogP contribution in [0.25, 0.3) is 100 Å². The predicted molar refractivity (Wildman–Crippen MR) is 202 cm³/mol. The van der Waals surface area contributed by atoms with Gasteiger partial charge in [0.05, 0.1) is 9.60 Å². The van der Waals surface area contributed by atoms with Crippen molar-refractivity contribution >= 4 is 43.9 Å². The van der Waals surface area contributed by atoms with Gasteiger partial charge in [0.1, 0.15) is 22.3 Å². The average Bonchev–Trinajstić information content (AvgIpc) is 3.84. The van der Waals surface area contributed by atoms with E-state index >= 15 is 0 Å². The van der Waals surface area contributed by atoms with Crippen LogP contribution in [0.3, 0.4) is 0 Å². The van der Waals surface area contributed by atoms with E-state index in [1.807, 2.05) is 84.9 Å². The minimum atomic E-state index is -0.471. The van der Waals surface area contributed by atoms with E-state index in [1.54, 1.807) is 24.3 Å². The third-order valence-electron chi connectivity index (χ3n) is 8.91. The zero-order chi connectivity index (χ0) is 39.1. The normalized spacial score (nSPS) is 13.6. The largest absolute Gasteiger partial charge is 0.456 e. The molecular formula is C45H27N3O2. The minimum absolute atomic E-state index is 0.0584. The van der Waals surface area contributed by atoms with E-state index in [9.17, 15) is 0 Å². The second-order valence-electron chi connectivity index (χ2n) is 11.9. The summed E-state index contributed by atoms with van der Waals surface area (Å²) in [7, 11) is 0. The molecule has 0 bridgehead atoms. The smallest absolute Gasteiger partial charge is 0.164 e. The molecule has 10 aromatic rings. The molecule has 7 aromatic carbocycles. The molecule has 0 aliphatic heterocycles. The van der Waals surface area contributed by atoms with Crippen molar-refractivity contribution in [3.8, 4) is 56.4 Å². The van der Waals surface area contributed by atoms with Gasteiger partial charge in [0, 0.05) is 38.2 Å². The van der Waals surface area contributed by atoms with Crippen molar-refractivity contribution in [2.75, 3.05) is 0 Å². The molecule has 0 atom stereocenters. The molecule has 5 nitrogen and oxygen atoms in total. The highest BCUT2D eigenvalue weighted by Crippen LogP contribution is 2.39. The Bertz CT molecular complexity index is 3250. The van der Waals surface area contributed by atoms with Gasteiger partial charge in [0.15, 0.2) is 17.5 Å². The van der Waals surface area contributed by atoms with E-state index in [0.717, 1.165) is 38.6 Å². The lowest BCUT2D eigenvalue weighted by atomic mass is 9.98. The molecule has 50 heavy (non-hydrogen) atoms. The zero-order valence-electron chi connectivity index (χ0n) is 33.2. The van der Waals surface area contributed by atoms with Crippen LogP contribution in [-0.4, -0.2) is 15.0 Å². The Morgan fingerprint density at radius 1 is 0.360 bits per heavy atom. The average molecular weight is 649 g/mol. The number of furan rings is 2. The van der Waals surface area contributed by atoms with Crippen LogP contribution in [-0.2, 0) is 0 Å². The zero-order valence-corrected chi connectivity index (χ0v) is 26.2. The molecule has 0 N–H and O–H groups in total. The first kappa shape index (κ1) is 21.9. The van der Waals surface area contributed by atoms with E-state index in [2.05, 4.69) is 12.1 Å². The van der Waals surface area contributed by atoms with Gasteiger partial charge < -0.3 is 8.83 Å². The van der Waals surface area contributed by atoms with Gasteiger partial charge >= 0.3 is 0 Å². The van der Waals surface area contributed by atoms with Crippen molar-refractivity contribution in [3.05, 3.63) is 164 Å². The highest BCUT2D eigenvalue weighted by Gasteiger charge is 2.18. The monoisotopic (exact) mass is 648 g/mol. The van der Waals surface area contributed by atoms with Crippen molar-refractivity contribution in [3.63, 3.8) is 0 Å². The maximum absolute atomic E-state index is 8.95. The second kappa shape index (κ2) is 11.4. The topological polar surface area (TPSA) is 65.0 Å². The minimum Gasteiger partial charge on any atom is -0.456 e. The van der Waals surface area contributed by atoms with E-state index in [0.29, 0.717) is 34.2 Å². The van der Waals surface area contributed by atoms with Crippen molar-refractivity contribution in [2.24, 2.45) is 0 Å². The van der Waals surface area contributed by atoms with E-state index < -0.39 is 18.1 Å². The van der Waals surface area contributed by atoms with Gasteiger partial charge in [-0.25, -0.2) is 15.0 Å². The molecule has 0 saturated heterocycles. The van der Waals surface area contributed by atoms with Gasteiger partial charge in [-0.2, -0.15) is 0 Å². The van der Waals surface area contributed by atoms with Crippen LogP contribution in [0, 0.1) is 0 Å². The van der Waals surface area contributed by atoms with Crippen LogP contribution < -0.4 is 0 Å². The number of para-hydroxylation sites is 2. The summed E-state index contributed by atoms with van der Waals surface area (Å²) in [4.78, 5) is 15.0. The Labute approximate surface area is 297 Å².